The van der Waals surface area contributed by atoms with Crippen LogP contribution in [0.15, 0.2) is 24.3 Å². The summed E-state index contributed by atoms with van der Waals surface area (Å²) in [5.41, 5.74) is 1.42. The molecule has 20 heavy (non-hydrogen) atoms. The van der Waals surface area contributed by atoms with Gasteiger partial charge in [0.2, 0.25) is 5.91 Å². The number of carboxylic acid groups (broad SMARTS) is 1. The second-order valence-corrected chi connectivity index (χ2v) is 6.78. The predicted octanol–water partition coefficient (Wildman–Crippen LogP) is 1.08. The molecule has 1 amide bonds. The summed E-state index contributed by atoms with van der Waals surface area (Å²) in [6, 6.07) is 6.79. The number of hydrogen-bond donors (Lipinski definition) is 2. The molecule has 1 aromatic carbocycles. The van der Waals surface area contributed by atoms with Crippen LogP contribution in [0.5, 0.6) is 0 Å². The Morgan fingerprint density at radius 2 is 1.75 bits per heavy atom. The molecule has 0 unspecified atom stereocenters. The van der Waals surface area contributed by atoms with E-state index in [-0.39, 0.29) is 24.5 Å². The van der Waals surface area contributed by atoms with E-state index in [0.29, 0.717) is 12.1 Å². The van der Waals surface area contributed by atoms with Crippen molar-refractivity contribution in [3.8, 4) is 0 Å². The largest absolute Gasteiger partial charge is 0.481 e. The minimum Gasteiger partial charge on any atom is -0.481 e. The van der Waals surface area contributed by atoms with Gasteiger partial charge in [-0.1, -0.05) is 12.1 Å². The number of anilines is 1. The van der Waals surface area contributed by atoms with Gasteiger partial charge in [-0.25, -0.2) is 8.42 Å². The van der Waals surface area contributed by atoms with Crippen molar-refractivity contribution in [2.45, 2.75) is 19.3 Å². The lowest BCUT2D eigenvalue weighted by atomic mass is 10.1. The van der Waals surface area contributed by atoms with E-state index in [9.17, 15) is 18.0 Å². The molecular formula is C13H17NO5S. The highest BCUT2D eigenvalue weighted by Gasteiger charge is 2.08. The van der Waals surface area contributed by atoms with Crippen LogP contribution in [-0.4, -0.2) is 37.4 Å². The van der Waals surface area contributed by atoms with E-state index in [2.05, 4.69) is 5.32 Å². The summed E-state index contributed by atoms with van der Waals surface area (Å²) >= 11 is 0. The van der Waals surface area contributed by atoms with E-state index < -0.39 is 15.8 Å². The third-order valence-corrected chi connectivity index (χ3v) is 3.51. The fourth-order valence-corrected chi connectivity index (χ4v) is 2.06. The zero-order chi connectivity index (χ0) is 15.2. The Morgan fingerprint density at radius 3 is 2.25 bits per heavy atom. The zero-order valence-electron chi connectivity index (χ0n) is 11.1. The van der Waals surface area contributed by atoms with E-state index in [1.165, 1.54) is 0 Å². The second kappa shape index (κ2) is 7.04. The van der Waals surface area contributed by atoms with E-state index in [4.69, 9.17) is 5.11 Å². The minimum atomic E-state index is -3.15. The normalized spacial score (nSPS) is 11.1. The van der Waals surface area contributed by atoms with Crippen molar-refractivity contribution < 1.29 is 23.1 Å². The molecule has 0 atom stereocenters. The molecule has 0 fully saturated rings. The number of rotatable bonds is 7. The summed E-state index contributed by atoms with van der Waals surface area (Å²) < 4.78 is 21.9. The maximum atomic E-state index is 11.5. The lowest BCUT2D eigenvalue weighted by Gasteiger charge is -2.06. The van der Waals surface area contributed by atoms with Crippen LogP contribution in [0, 0.1) is 0 Å². The minimum absolute atomic E-state index is 0.0556. The van der Waals surface area contributed by atoms with Crippen LogP contribution in [-0.2, 0) is 25.8 Å². The molecule has 0 saturated heterocycles. The first kappa shape index (κ1) is 16.2. The van der Waals surface area contributed by atoms with Crippen LogP contribution < -0.4 is 5.32 Å². The molecule has 6 nitrogen and oxygen atoms in total. The number of carboxylic acids is 1. The van der Waals surface area contributed by atoms with Gasteiger partial charge in [-0.3, -0.25) is 9.59 Å². The number of carbonyl (C=O) groups excluding carboxylic acids is 1. The lowest BCUT2D eigenvalue weighted by molar-refractivity contribution is -0.137. The molecular weight excluding hydrogens is 282 g/mol. The molecule has 110 valence electrons. The molecule has 0 aliphatic carbocycles. The summed E-state index contributed by atoms with van der Waals surface area (Å²) in [5, 5.41) is 11.2. The molecule has 0 aliphatic rings. The van der Waals surface area contributed by atoms with Crippen LogP contribution in [0.4, 0.5) is 5.69 Å². The molecule has 0 aliphatic heterocycles. The zero-order valence-corrected chi connectivity index (χ0v) is 11.9. The molecule has 0 saturated carbocycles. The van der Waals surface area contributed by atoms with Crippen molar-refractivity contribution >= 4 is 27.4 Å². The van der Waals surface area contributed by atoms with Crippen LogP contribution in [0.3, 0.4) is 0 Å². The number of hydrogen-bond acceptors (Lipinski definition) is 4. The smallest absolute Gasteiger partial charge is 0.303 e. The monoisotopic (exact) mass is 299 g/mol. The summed E-state index contributed by atoms with van der Waals surface area (Å²) in [5.74, 6) is -1.41. The van der Waals surface area contributed by atoms with Crippen LogP contribution in [0.2, 0.25) is 0 Å². The van der Waals surface area contributed by atoms with Gasteiger partial charge >= 0.3 is 5.97 Å². The van der Waals surface area contributed by atoms with Crippen molar-refractivity contribution in [3.63, 3.8) is 0 Å². The Hall–Kier alpha value is -1.89. The number of amides is 1. The third-order valence-electron chi connectivity index (χ3n) is 2.57. The van der Waals surface area contributed by atoms with Gasteiger partial charge in [0.15, 0.2) is 0 Å². The standard InChI is InChI=1S/C13H17NO5S/c1-20(18,19)9-8-12(15)14-11-5-2-10(3-6-11)4-7-13(16)17/h2-3,5-6H,4,7-9H2,1H3,(H,14,15)(H,16,17). The first-order chi connectivity index (χ1) is 9.26. The molecule has 0 aromatic heterocycles. The van der Waals surface area contributed by atoms with Gasteiger partial charge in [-0.2, -0.15) is 0 Å². The quantitative estimate of drug-likeness (QED) is 0.784. The number of nitrogens with one attached hydrogen (secondary N) is 1. The Balaban J connectivity index is 2.48. The first-order valence-corrected chi connectivity index (χ1v) is 8.10. The maximum Gasteiger partial charge on any atom is 0.303 e. The van der Waals surface area contributed by atoms with Crippen molar-refractivity contribution in [1.82, 2.24) is 0 Å². The van der Waals surface area contributed by atoms with Gasteiger partial charge in [0.25, 0.3) is 0 Å². The molecule has 0 heterocycles. The first-order valence-electron chi connectivity index (χ1n) is 6.04. The fourth-order valence-electron chi connectivity index (χ4n) is 1.51. The van der Waals surface area contributed by atoms with Crippen LogP contribution in [0.25, 0.3) is 0 Å². The molecule has 1 aromatic rings. The maximum absolute atomic E-state index is 11.5. The van der Waals surface area contributed by atoms with Crippen LogP contribution >= 0.6 is 0 Å². The fraction of sp³-hybridized carbons (Fsp3) is 0.385. The van der Waals surface area contributed by atoms with E-state index in [1.807, 2.05) is 0 Å². The summed E-state index contributed by atoms with van der Waals surface area (Å²) in [4.78, 5) is 21.9. The highest BCUT2D eigenvalue weighted by Crippen LogP contribution is 2.11. The molecule has 2 N–H and O–H groups in total. The Morgan fingerprint density at radius 1 is 1.15 bits per heavy atom. The predicted molar refractivity (Wildman–Crippen MR) is 75.4 cm³/mol. The van der Waals surface area contributed by atoms with E-state index in [0.717, 1.165) is 11.8 Å². The Kier molecular flexibility index (Phi) is 5.69. The highest BCUT2D eigenvalue weighted by molar-refractivity contribution is 7.90. The number of benzene rings is 1. The van der Waals surface area contributed by atoms with Gasteiger partial charge < -0.3 is 10.4 Å². The van der Waals surface area contributed by atoms with Crippen molar-refractivity contribution in [2.24, 2.45) is 0 Å². The highest BCUT2D eigenvalue weighted by atomic mass is 32.2. The Labute approximate surface area is 117 Å². The molecule has 0 bridgehead atoms. The van der Waals surface area contributed by atoms with Crippen LogP contribution in [0.1, 0.15) is 18.4 Å². The molecule has 7 heteroatoms. The van der Waals surface area contributed by atoms with Gasteiger partial charge in [-0.15, -0.1) is 0 Å². The number of carbonyl (C=O) groups is 2. The molecule has 1 rings (SSSR count). The van der Waals surface area contributed by atoms with Gasteiger partial charge in [-0.05, 0) is 24.1 Å². The third kappa shape index (κ3) is 6.89. The topological polar surface area (TPSA) is 101 Å². The SMILES string of the molecule is CS(=O)(=O)CCC(=O)Nc1ccc(CCC(=O)O)cc1. The second-order valence-electron chi connectivity index (χ2n) is 4.52. The number of sulfone groups is 1. The average Bonchev–Trinajstić information content (AvgIpc) is 2.35. The van der Waals surface area contributed by atoms with Gasteiger partial charge in [0.1, 0.15) is 9.84 Å². The van der Waals surface area contributed by atoms with Gasteiger partial charge in [0.05, 0.1) is 5.75 Å². The van der Waals surface area contributed by atoms with Crippen molar-refractivity contribution in [1.29, 1.82) is 0 Å². The number of aryl methyl sites for hydroxylation is 1. The van der Waals surface area contributed by atoms with Gasteiger partial charge in [0, 0.05) is 24.8 Å². The summed E-state index contributed by atoms with van der Waals surface area (Å²) in [6.07, 6.45) is 1.48. The Bertz CT molecular complexity index is 577. The van der Waals surface area contributed by atoms with E-state index >= 15 is 0 Å². The average molecular weight is 299 g/mol. The van der Waals surface area contributed by atoms with Crippen molar-refractivity contribution in [3.05, 3.63) is 29.8 Å². The summed E-state index contributed by atoms with van der Waals surface area (Å²) in [7, 11) is -3.15. The number of aliphatic carboxylic acids is 1. The summed E-state index contributed by atoms with van der Waals surface area (Å²) in [6.45, 7) is 0. The van der Waals surface area contributed by atoms with E-state index in [1.54, 1.807) is 24.3 Å². The lowest BCUT2D eigenvalue weighted by Crippen LogP contribution is -2.16. The van der Waals surface area contributed by atoms with Crippen molar-refractivity contribution in [2.75, 3.05) is 17.3 Å². The molecule has 0 radical (unpaired) electrons. The molecule has 0 spiro atoms.